The van der Waals surface area contributed by atoms with E-state index in [1.54, 1.807) is 38.1 Å². The third-order valence-electron chi connectivity index (χ3n) is 3.34. The van der Waals surface area contributed by atoms with Crippen LogP contribution in [0.4, 0.5) is 4.39 Å². The third-order valence-corrected chi connectivity index (χ3v) is 3.34. The van der Waals surface area contributed by atoms with Crippen molar-refractivity contribution in [2.24, 2.45) is 0 Å². The van der Waals surface area contributed by atoms with Gasteiger partial charge in [0.2, 0.25) is 0 Å². The molecule has 0 N–H and O–H groups in total. The maximum atomic E-state index is 12.9. The smallest absolute Gasteiger partial charge is 0.307 e. The van der Waals surface area contributed by atoms with E-state index in [-0.39, 0.29) is 18.2 Å². The van der Waals surface area contributed by atoms with Crippen molar-refractivity contribution < 1.29 is 18.7 Å². The highest BCUT2D eigenvalue weighted by Crippen LogP contribution is 2.28. The fourth-order valence-electron chi connectivity index (χ4n) is 1.95. The van der Waals surface area contributed by atoms with Crippen LogP contribution < -0.4 is 4.74 Å². The standard InChI is InChI=1S/C19H17FO3/c1-4-18(21)23-19(3,5-2)14-6-10-16(11-7-14)22-17-12-8-15(20)9-13-17/h2,6-13H,4H2,1,3H3. The molecule has 4 heteroatoms. The Kier molecular flexibility index (Phi) is 5.02. The Balaban J connectivity index is 2.16. The molecule has 0 spiro atoms. The van der Waals surface area contributed by atoms with Gasteiger partial charge in [-0.05, 0) is 43.3 Å². The van der Waals surface area contributed by atoms with E-state index in [0.29, 0.717) is 17.1 Å². The number of benzene rings is 2. The molecular weight excluding hydrogens is 295 g/mol. The summed E-state index contributed by atoms with van der Waals surface area (Å²) < 4.78 is 23.8. The first-order valence-electron chi connectivity index (χ1n) is 7.20. The van der Waals surface area contributed by atoms with Crippen LogP contribution in [0.5, 0.6) is 11.5 Å². The van der Waals surface area contributed by atoms with Gasteiger partial charge >= 0.3 is 5.97 Å². The Morgan fingerprint density at radius 1 is 1.13 bits per heavy atom. The van der Waals surface area contributed by atoms with E-state index in [0.717, 1.165) is 0 Å². The van der Waals surface area contributed by atoms with E-state index in [1.807, 2.05) is 0 Å². The lowest BCUT2D eigenvalue weighted by Gasteiger charge is -2.24. The molecule has 2 aromatic rings. The van der Waals surface area contributed by atoms with Crippen LogP contribution >= 0.6 is 0 Å². The molecule has 118 valence electrons. The van der Waals surface area contributed by atoms with Crippen LogP contribution in [0.15, 0.2) is 48.5 Å². The second kappa shape index (κ2) is 6.97. The Labute approximate surface area is 135 Å². The number of ether oxygens (including phenoxy) is 2. The molecule has 1 atom stereocenters. The predicted molar refractivity (Wildman–Crippen MR) is 85.5 cm³/mol. The van der Waals surface area contributed by atoms with Crippen LogP contribution in [-0.4, -0.2) is 5.97 Å². The highest BCUT2D eigenvalue weighted by Gasteiger charge is 2.28. The number of hydrogen-bond donors (Lipinski definition) is 0. The summed E-state index contributed by atoms with van der Waals surface area (Å²) in [6.07, 6.45) is 5.78. The molecule has 0 saturated carbocycles. The molecule has 0 heterocycles. The van der Waals surface area contributed by atoms with E-state index in [4.69, 9.17) is 15.9 Å². The molecule has 0 saturated heterocycles. The molecule has 0 fully saturated rings. The molecule has 0 aromatic heterocycles. The normalized spacial score (nSPS) is 12.8. The summed E-state index contributed by atoms with van der Waals surface area (Å²) in [6, 6.07) is 12.6. The van der Waals surface area contributed by atoms with E-state index >= 15 is 0 Å². The van der Waals surface area contributed by atoms with Crippen molar-refractivity contribution in [1.29, 1.82) is 0 Å². The zero-order valence-corrected chi connectivity index (χ0v) is 13.0. The van der Waals surface area contributed by atoms with E-state index in [1.165, 1.54) is 24.3 Å². The fourth-order valence-corrected chi connectivity index (χ4v) is 1.95. The number of esters is 1. The van der Waals surface area contributed by atoms with Gasteiger partial charge in [0.15, 0.2) is 5.60 Å². The Hall–Kier alpha value is -2.80. The molecule has 0 aliphatic carbocycles. The Morgan fingerprint density at radius 2 is 1.65 bits per heavy atom. The Bertz CT molecular complexity index is 714. The molecule has 23 heavy (non-hydrogen) atoms. The first-order valence-corrected chi connectivity index (χ1v) is 7.20. The maximum Gasteiger partial charge on any atom is 0.307 e. The second-order valence-corrected chi connectivity index (χ2v) is 5.09. The highest BCUT2D eigenvalue weighted by molar-refractivity contribution is 5.70. The van der Waals surface area contributed by atoms with Gasteiger partial charge in [-0.2, -0.15) is 0 Å². The fraction of sp³-hybridized carbons (Fsp3) is 0.211. The molecule has 1 unspecified atom stereocenters. The van der Waals surface area contributed by atoms with Gasteiger partial charge in [-0.1, -0.05) is 25.0 Å². The number of rotatable bonds is 5. The minimum absolute atomic E-state index is 0.253. The van der Waals surface area contributed by atoms with Crippen molar-refractivity contribution in [3.8, 4) is 23.8 Å². The minimum atomic E-state index is -1.12. The monoisotopic (exact) mass is 312 g/mol. The number of carbonyl (C=O) groups excluding carboxylic acids is 1. The molecule has 0 aliphatic rings. The summed E-state index contributed by atoms with van der Waals surface area (Å²) in [4.78, 5) is 11.5. The molecule has 3 nitrogen and oxygen atoms in total. The lowest BCUT2D eigenvalue weighted by molar-refractivity contribution is -0.153. The van der Waals surface area contributed by atoms with Crippen molar-refractivity contribution in [3.05, 3.63) is 59.9 Å². The van der Waals surface area contributed by atoms with E-state index in [9.17, 15) is 9.18 Å². The van der Waals surface area contributed by atoms with Crippen molar-refractivity contribution in [2.45, 2.75) is 25.9 Å². The molecule has 0 bridgehead atoms. The molecule has 2 aromatic carbocycles. The number of carbonyl (C=O) groups is 1. The SMILES string of the molecule is C#CC(C)(OC(=O)CC)c1ccc(Oc2ccc(F)cc2)cc1. The van der Waals surface area contributed by atoms with Crippen LogP contribution in [0.25, 0.3) is 0 Å². The average molecular weight is 312 g/mol. The van der Waals surface area contributed by atoms with E-state index < -0.39 is 5.60 Å². The average Bonchev–Trinajstić information content (AvgIpc) is 2.57. The molecular formula is C19H17FO3. The van der Waals surface area contributed by atoms with Crippen molar-refractivity contribution in [3.63, 3.8) is 0 Å². The number of halogens is 1. The maximum absolute atomic E-state index is 12.9. The number of hydrogen-bond acceptors (Lipinski definition) is 3. The Morgan fingerprint density at radius 3 is 2.13 bits per heavy atom. The topological polar surface area (TPSA) is 35.5 Å². The van der Waals surface area contributed by atoms with Gasteiger partial charge in [-0.15, -0.1) is 6.42 Å². The highest BCUT2D eigenvalue weighted by atomic mass is 19.1. The molecule has 0 amide bonds. The second-order valence-electron chi connectivity index (χ2n) is 5.09. The van der Waals surface area contributed by atoms with Crippen LogP contribution in [-0.2, 0) is 15.1 Å². The minimum Gasteiger partial charge on any atom is -0.457 e. The van der Waals surface area contributed by atoms with Gasteiger partial charge in [-0.3, -0.25) is 4.79 Å². The lowest BCUT2D eigenvalue weighted by atomic mass is 9.96. The van der Waals surface area contributed by atoms with Crippen LogP contribution in [0, 0.1) is 18.2 Å². The summed E-state index contributed by atoms with van der Waals surface area (Å²) >= 11 is 0. The zero-order valence-electron chi connectivity index (χ0n) is 13.0. The van der Waals surface area contributed by atoms with Crippen molar-refractivity contribution >= 4 is 5.97 Å². The third kappa shape index (κ3) is 4.10. The summed E-state index contributed by atoms with van der Waals surface area (Å²) in [5.74, 6) is 2.92. The van der Waals surface area contributed by atoms with Gasteiger partial charge in [0.05, 0.1) is 0 Å². The summed E-state index contributed by atoms with van der Waals surface area (Å²) in [5.41, 5.74) is -0.449. The zero-order chi connectivity index (χ0) is 16.9. The molecule has 0 radical (unpaired) electrons. The van der Waals surface area contributed by atoms with E-state index in [2.05, 4.69) is 5.92 Å². The van der Waals surface area contributed by atoms with Gasteiger partial charge < -0.3 is 9.47 Å². The van der Waals surface area contributed by atoms with Gasteiger partial charge in [0.25, 0.3) is 0 Å². The predicted octanol–water partition coefficient (Wildman–Crippen LogP) is 4.42. The summed E-state index contributed by atoms with van der Waals surface area (Å²) in [5, 5.41) is 0. The van der Waals surface area contributed by atoms with Gasteiger partial charge in [-0.25, -0.2) is 4.39 Å². The van der Waals surface area contributed by atoms with Gasteiger partial charge in [0, 0.05) is 12.0 Å². The summed E-state index contributed by atoms with van der Waals surface area (Å²) in [7, 11) is 0. The quantitative estimate of drug-likeness (QED) is 0.605. The largest absolute Gasteiger partial charge is 0.457 e. The number of terminal acetylenes is 1. The van der Waals surface area contributed by atoms with Gasteiger partial charge in [0.1, 0.15) is 17.3 Å². The summed E-state index contributed by atoms with van der Waals surface area (Å²) in [6.45, 7) is 3.37. The van der Waals surface area contributed by atoms with Crippen molar-refractivity contribution in [2.75, 3.05) is 0 Å². The molecule has 2 rings (SSSR count). The van der Waals surface area contributed by atoms with Crippen LogP contribution in [0.3, 0.4) is 0 Å². The first-order chi connectivity index (χ1) is 11.0. The lowest BCUT2D eigenvalue weighted by Crippen LogP contribution is -2.27. The van der Waals surface area contributed by atoms with Crippen LogP contribution in [0.2, 0.25) is 0 Å². The van der Waals surface area contributed by atoms with Crippen molar-refractivity contribution in [1.82, 2.24) is 0 Å². The first kappa shape index (κ1) is 16.6. The van der Waals surface area contributed by atoms with Crippen LogP contribution in [0.1, 0.15) is 25.8 Å². The molecule has 0 aliphatic heterocycles.